The lowest BCUT2D eigenvalue weighted by atomic mass is 10.0. The third-order valence-corrected chi connectivity index (χ3v) is 6.02. The molecule has 0 aliphatic carbocycles. The van der Waals surface area contributed by atoms with Crippen molar-refractivity contribution < 1.29 is 14.4 Å². The molecule has 2 aliphatic heterocycles. The van der Waals surface area contributed by atoms with Crippen LogP contribution in [0.5, 0.6) is 0 Å². The summed E-state index contributed by atoms with van der Waals surface area (Å²) >= 11 is 0. The number of aromatic nitrogens is 2. The van der Waals surface area contributed by atoms with Gasteiger partial charge in [0.1, 0.15) is 11.7 Å². The van der Waals surface area contributed by atoms with E-state index in [9.17, 15) is 14.4 Å². The first-order valence-corrected chi connectivity index (χ1v) is 11.5. The molecule has 8 heteroatoms. The monoisotopic (exact) mass is 437 g/mol. The van der Waals surface area contributed by atoms with Crippen LogP contribution in [0, 0.1) is 0 Å². The summed E-state index contributed by atoms with van der Waals surface area (Å²) in [6, 6.07) is 11.0. The van der Waals surface area contributed by atoms with E-state index in [-0.39, 0.29) is 29.5 Å². The van der Waals surface area contributed by atoms with Gasteiger partial charge in [-0.15, -0.1) is 0 Å². The van der Waals surface area contributed by atoms with Crippen molar-refractivity contribution in [3.8, 4) is 0 Å². The molecule has 2 aromatic rings. The minimum absolute atomic E-state index is 0.0123. The molecule has 1 aromatic carbocycles. The van der Waals surface area contributed by atoms with Crippen LogP contribution in [-0.2, 0) is 17.9 Å². The number of nitrogens with one attached hydrogen (secondary N) is 1. The Labute approximate surface area is 188 Å². The fourth-order valence-electron chi connectivity index (χ4n) is 4.47. The maximum Gasteiger partial charge on any atom is 0.275 e. The topological polar surface area (TPSA) is 87.5 Å². The minimum atomic E-state index is -0.495. The maximum absolute atomic E-state index is 13.3. The molecular formula is C24H31N5O3. The highest BCUT2D eigenvalue weighted by Gasteiger charge is 2.35. The summed E-state index contributed by atoms with van der Waals surface area (Å²) in [7, 11) is 0. The standard InChI is InChI=1S/C24H31N5O3/c1-17(2)25-22(30)20-11-6-7-13-28(20)23(31)19-15-21-24(32)27(12-8-14-29(21)26-19)16-18-9-4-3-5-10-18/h3-5,9-10,15,17,20H,6-8,11-14,16H2,1-2H3,(H,25,30)/t20-/m1/s1. The average Bonchev–Trinajstić information content (AvgIpc) is 3.16. The van der Waals surface area contributed by atoms with Crippen LogP contribution in [0.4, 0.5) is 0 Å². The van der Waals surface area contributed by atoms with Gasteiger partial charge in [0, 0.05) is 38.3 Å². The van der Waals surface area contributed by atoms with Crippen molar-refractivity contribution in [1.29, 1.82) is 0 Å². The zero-order valence-electron chi connectivity index (χ0n) is 18.8. The SMILES string of the molecule is CC(C)NC(=O)[C@H]1CCCCN1C(=O)c1cc2n(n1)CCCN(Cc1ccccc1)C2=O. The van der Waals surface area contributed by atoms with E-state index in [0.29, 0.717) is 38.3 Å². The first-order chi connectivity index (χ1) is 15.4. The Kier molecular flexibility index (Phi) is 6.58. The largest absolute Gasteiger partial charge is 0.352 e. The molecule has 3 heterocycles. The summed E-state index contributed by atoms with van der Waals surface area (Å²) < 4.78 is 1.65. The Hall–Kier alpha value is -3.16. The van der Waals surface area contributed by atoms with E-state index in [1.807, 2.05) is 49.1 Å². The molecule has 1 N–H and O–H groups in total. The van der Waals surface area contributed by atoms with Crippen LogP contribution >= 0.6 is 0 Å². The van der Waals surface area contributed by atoms with Gasteiger partial charge in [-0.05, 0) is 45.1 Å². The molecule has 0 saturated carbocycles. The summed E-state index contributed by atoms with van der Waals surface area (Å²) in [5, 5.41) is 7.40. The van der Waals surface area contributed by atoms with Gasteiger partial charge in [-0.3, -0.25) is 19.1 Å². The van der Waals surface area contributed by atoms with Crippen LogP contribution in [0.3, 0.4) is 0 Å². The average molecular weight is 438 g/mol. The highest BCUT2D eigenvalue weighted by molar-refractivity contribution is 5.99. The van der Waals surface area contributed by atoms with Gasteiger partial charge in [0.25, 0.3) is 11.8 Å². The molecule has 0 bridgehead atoms. The van der Waals surface area contributed by atoms with E-state index < -0.39 is 6.04 Å². The van der Waals surface area contributed by atoms with Gasteiger partial charge < -0.3 is 15.1 Å². The molecule has 170 valence electrons. The lowest BCUT2D eigenvalue weighted by Crippen LogP contribution is -2.53. The fourth-order valence-corrected chi connectivity index (χ4v) is 4.47. The molecule has 1 saturated heterocycles. The second kappa shape index (κ2) is 9.54. The molecule has 4 rings (SSSR count). The number of aryl methyl sites for hydroxylation is 1. The Morgan fingerprint density at radius 1 is 1.09 bits per heavy atom. The van der Waals surface area contributed by atoms with Crippen molar-refractivity contribution in [2.75, 3.05) is 13.1 Å². The zero-order valence-corrected chi connectivity index (χ0v) is 18.8. The van der Waals surface area contributed by atoms with Crippen LogP contribution in [0.25, 0.3) is 0 Å². The van der Waals surface area contributed by atoms with Crippen LogP contribution in [-0.4, -0.2) is 62.5 Å². The van der Waals surface area contributed by atoms with E-state index in [4.69, 9.17) is 0 Å². The molecule has 0 radical (unpaired) electrons. The molecule has 1 atom stereocenters. The molecule has 3 amide bonds. The number of benzene rings is 1. The van der Waals surface area contributed by atoms with E-state index in [1.165, 1.54) is 0 Å². The smallest absolute Gasteiger partial charge is 0.275 e. The van der Waals surface area contributed by atoms with Gasteiger partial charge in [-0.2, -0.15) is 5.10 Å². The molecule has 0 unspecified atom stereocenters. The van der Waals surface area contributed by atoms with Gasteiger partial charge in [0.2, 0.25) is 5.91 Å². The first-order valence-electron chi connectivity index (χ1n) is 11.5. The van der Waals surface area contributed by atoms with Gasteiger partial charge in [-0.25, -0.2) is 0 Å². The predicted molar refractivity (Wildman–Crippen MR) is 120 cm³/mol. The van der Waals surface area contributed by atoms with Gasteiger partial charge in [0.15, 0.2) is 5.69 Å². The van der Waals surface area contributed by atoms with Gasteiger partial charge in [0.05, 0.1) is 0 Å². The summed E-state index contributed by atoms with van der Waals surface area (Å²) in [4.78, 5) is 42.7. The molecule has 32 heavy (non-hydrogen) atoms. The van der Waals surface area contributed by atoms with Crippen LogP contribution < -0.4 is 5.32 Å². The predicted octanol–water partition coefficient (Wildman–Crippen LogP) is 2.45. The van der Waals surface area contributed by atoms with Crippen molar-refractivity contribution in [3.63, 3.8) is 0 Å². The molecule has 1 fully saturated rings. The maximum atomic E-state index is 13.3. The second-order valence-corrected chi connectivity index (χ2v) is 8.88. The minimum Gasteiger partial charge on any atom is -0.352 e. The normalized spacial score (nSPS) is 19.0. The lowest BCUT2D eigenvalue weighted by Gasteiger charge is -2.34. The number of rotatable bonds is 5. The van der Waals surface area contributed by atoms with Crippen LogP contribution in [0.15, 0.2) is 36.4 Å². The Morgan fingerprint density at radius 3 is 2.62 bits per heavy atom. The Bertz CT molecular complexity index is 985. The summed E-state index contributed by atoms with van der Waals surface area (Å²) in [5.41, 5.74) is 1.73. The zero-order chi connectivity index (χ0) is 22.7. The highest BCUT2D eigenvalue weighted by Crippen LogP contribution is 2.22. The number of piperidine rings is 1. The lowest BCUT2D eigenvalue weighted by molar-refractivity contribution is -0.127. The van der Waals surface area contributed by atoms with E-state index in [2.05, 4.69) is 10.4 Å². The third kappa shape index (κ3) is 4.69. The van der Waals surface area contributed by atoms with Crippen molar-refractivity contribution in [2.45, 2.75) is 64.7 Å². The Balaban J connectivity index is 1.54. The molecule has 8 nitrogen and oxygen atoms in total. The number of carbonyl (C=O) groups is 3. The van der Waals surface area contributed by atoms with Crippen molar-refractivity contribution in [3.05, 3.63) is 53.3 Å². The Morgan fingerprint density at radius 2 is 1.88 bits per heavy atom. The van der Waals surface area contributed by atoms with Crippen LogP contribution in [0.1, 0.15) is 66.1 Å². The van der Waals surface area contributed by atoms with Crippen LogP contribution in [0.2, 0.25) is 0 Å². The number of carbonyl (C=O) groups excluding carboxylic acids is 3. The second-order valence-electron chi connectivity index (χ2n) is 8.88. The fraction of sp³-hybridized carbons (Fsp3) is 0.500. The number of amides is 3. The van der Waals surface area contributed by atoms with Gasteiger partial charge in [-0.1, -0.05) is 30.3 Å². The number of fused-ring (bicyclic) bond motifs is 1. The summed E-state index contributed by atoms with van der Waals surface area (Å²) in [5.74, 6) is -0.527. The number of hydrogen-bond acceptors (Lipinski definition) is 4. The first kappa shape index (κ1) is 22.0. The quantitative estimate of drug-likeness (QED) is 0.778. The van der Waals surface area contributed by atoms with Crippen molar-refractivity contribution >= 4 is 17.7 Å². The number of hydrogen-bond donors (Lipinski definition) is 1. The highest BCUT2D eigenvalue weighted by atomic mass is 16.2. The summed E-state index contributed by atoms with van der Waals surface area (Å²) in [6.45, 7) is 6.09. The molecule has 2 aliphatic rings. The molecule has 1 aromatic heterocycles. The van der Waals surface area contributed by atoms with E-state index >= 15 is 0 Å². The van der Waals surface area contributed by atoms with Crippen molar-refractivity contribution in [1.82, 2.24) is 24.9 Å². The van der Waals surface area contributed by atoms with Crippen molar-refractivity contribution in [2.24, 2.45) is 0 Å². The van der Waals surface area contributed by atoms with E-state index in [1.54, 1.807) is 15.6 Å². The van der Waals surface area contributed by atoms with E-state index in [0.717, 1.165) is 24.8 Å². The summed E-state index contributed by atoms with van der Waals surface area (Å²) in [6.07, 6.45) is 3.17. The third-order valence-electron chi connectivity index (χ3n) is 6.02. The molecule has 0 spiro atoms. The van der Waals surface area contributed by atoms with Gasteiger partial charge >= 0.3 is 0 Å². The number of likely N-dealkylation sites (tertiary alicyclic amines) is 1. The number of nitrogens with zero attached hydrogens (tertiary/aromatic N) is 4. The molecular weight excluding hydrogens is 406 g/mol.